The van der Waals surface area contributed by atoms with Crippen LogP contribution in [0.15, 0.2) is 68.9 Å². The minimum absolute atomic E-state index is 0.00530. The molecular weight excluding hydrogens is 550 g/mol. The quantitative estimate of drug-likeness (QED) is 0.327. The molecule has 0 radical (unpaired) electrons. The molecule has 2 aromatic carbocycles. The molecular formula is C25H19BrClN5O4. The highest BCUT2D eigenvalue weighted by molar-refractivity contribution is 9.10. The van der Waals surface area contributed by atoms with Crippen molar-refractivity contribution in [1.29, 1.82) is 5.26 Å². The van der Waals surface area contributed by atoms with Gasteiger partial charge in [-0.1, -0.05) is 23.7 Å². The van der Waals surface area contributed by atoms with E-state index in [0.717, 1.165) is 5.56 Å². The van der Waals surface area contributed by atoms with Gasteiger partial charge in [-0.05, 0) is 64.8 Å². The Morgan fingerprint density at radius 1 is 1.06 bits per heavy atom. The molecule has 0 bridgehead atoms. The van der Waals surface area contributed by atoms with Gasteiger partial charge in [-0.15, -0.1) is 0 Å². The molecule has 0 atom stereocenters. The number of benzene rings is 2. The van der Waals surface area contributed by atoms with Crippen LogP contribution < -0.4 is 20.6 Å². The Morgan fingerprint density at radius 2 is 1.81 bits per heavy atom. The highest BCUT2D eigenvalue weighted by Gasteiger charge is 2.15. The Bertz CT molecular complexity index is 1590. The highest BCUT2D eigenvalue weighted by Crippen LogP contribution is 2.25. The summed E-state index contributed by atoms with van der Waals surface area (Å²) in [4.78, 5) is 30.1. The number of aromatic nitrogens is 4. The number of hydrogen-bond donors (Lipinski definition) is 0. The first-order valence-electron chi connectivity index (χ1n) is 10.6. The number of ether oxygens (including phenoxy) is 2. The minimum Gasteiger partial charge on any atom is -0.497 e. The molecule has 2 heterocycles. The molecule has 0 aliphatic heterocycles. The molecule has 4 rings (SSSR count). The summed E-state index contributed by atoms with van der Waals surface area (Å²) < 4.78 is 13.9. The van der Waals surface area contributed by atoms with E-state index >= 15 is 0 Å². The van der Waals surface area contributed by atoms with E-state index in [1.54, 1.807) is 32.2 Å². The first-order valence-corrected chi connectivity index (χ1v) is 11.8. The number of aryl methyl sites for hydroxylation is 1. The van der Waals surface area contributed by atoms with Gasteiger partial charge in [0.25, 0.3) is 11.1 Å². The van der Waals surface area contributed by atoms with E-state index in [0.29, 0.717) is 32.2 Å². The van der Waals surface area contributed by atoms with Crippen LogP contribution in [-0.4, -0.2) is 26.4 Å². The zero-order chi connectivity index (χ0) is 25.8. The van der Waals surface area contributed by atoms with Crippen molar-refractivity contribution in [3.05, 3.63) is 108 Å². The largest absolute Gasteiger partial charge is 0.497 e. The summed E-state index contributed by atoms with van der Waals surface area (Å²) in [5.74, 6) is 0.946. The van der Waals surface area contributed by atoms with Crippen molar-refractivity contribution in [1.82, 2.24) is 19.3 Å². The standard InChI is InChI=1S/C25H19BrClN5O4/c1-15-23(36-21-8-17(11-28)7-18(27)9-21)25(34)31(14-29-15)13-19-10-22(26)24(33)32(30-19)12-16-3-5-20(35-2)6-4-16/h3-10,14H,12-13H2,1-2H3. The van der Waals surface area contributed by atoms with E-state index in [-0.39, 0.29) is 30.1 Å². The third-order valence-corrected chi connectivity index (χ3v) is 5.99. The lowest BCUT2D eigenvalue weighted by molar-refractivity contribution is 0.414. The fourth-order valence-electron chi connectivity index (χ4n) is 3.41. The molecule has 0 unspecified atom stereocenters. The molecule has 0 saturated heterocycles. The van der Waals surface area contributed by atoms with Crippen LogP contribution in [0.2, 0.25) is 5.02 Å². The van der Waals surface area contributed by atoms with Gasteiger partial charge in [0.1, 0.15) is 11.5 Å². The van der Waals surface area contributed by atoms with E-state index in [9.17, 15) is 9.59 Å². The Kier molecular flexibility index (Phi) is 7.52. The van der Waals surface area contributed by atoms with Crippen LogP contribution in [0, 0.1) is 18.3 Å². The highest BCUT2D eigenvalue weighted by atomic mass is 79.9. The van der Waals surface area contributed by atoms with Crippen LogP contribution in [-0.2, 0) is 13.1 Å². The summed E-state index contributed by atoms with van der Waals surface area (Å²) in [7, 11) is 1.58. The number of nitriles is 1. The second-order valence-electron chi connectivity index (χ2n) is 7.78. The predicted molar refractivity (Wildman–Crippen MR) is 137 cm³/mol. The first kappa shape index (κ1) is 25.2. The summed E-state index contributed by atoms with van der Waals surface area (Å²) in [6.07, 6.45) is 1.39. The third kappa shape index (κ3) is 5.64. The van der Waals surface area contributed by atoms with Crippen LogP contribution in [0.4, 0.5) is 0 Å². The normalized spacial score (nSPS) is 10.6. The van der Waals surface area contributed by atoms with Crippen molar-refractivity contribution in [2.75, 3.05) is 7.11 Å². The lowest BCUT2D eigenvalue weighted by atomic mass is 10.2. The Hall–Kier alpha value is -3.94. The number of hydrogen-bond acceptors (Lipinski definition) is 7. The maximum absolute atomic E-state index is 13.2. The molecule has 0 N–H and O–H groups in total. The molecule has 0 aliphatic rings. The van der Waals surface area contributed by atoms with E-state index < -0.39 is 5.56 Å². The SMILES string of the molecule is COc1ccc(Cn2nc(Cn3cnc(C)c(Oc4cc(Cl)cc(C#N)c4)c3=O)cc(Br)c2=O)cc1. The van der Waals surface area contributed by atoms with Gasteiger partial charge in [0.05, 0.1) is 54.0 Å². The van der Waals surface area contributed by atoms with Crippen molar-refractivity contribution in [2.24, 2.45) is 0 Å². The van der Waals surface area contributed by atoms with Crippen LogP contribution in [0.5, 0.6) is 17.2 Å². The summed E-state index contributed by atoms with van der Waals surface area (Å²) in [5.41, 5.74) is 1.23. The molecule has 0 spiro atoms. The fourth-order valence-corrected chi connectivity index (χ4v) is 4.10. The predicted octanol–water partition coefficient (Wildman–Crippen LogP) is 4.29. The minimum atomic E-state index is -0.452. The zero-order valence-electron chi connectivity index (χ0n) is 19.2. The van der Waals surface area contributed by atoms with Crippen LogP contribution in [0.25, 0.3) is 0 Å². The lowest BCUT2D eigenvalue weighted by Crippen LogP contribution is -2.28. The van der Waals surface area contributed by atoms with Crippen molar-refractivity contribution < 1.29 is 9.47 Å². The van der Waals surface area contributed by atoms with E-state index in [4.69, 9.17) is 26.3 Å². The van der Waals surface area contributed by atoms with Gasteiger partial charge in [-0.25, -0.2) is 9.67 Å². The summed E-state index contributed by atoms with van der Waals surface area (Å²) in [6, 6.07) is 15.3. The van der Waals surface area contributed by atoms with Crippen LogP contribution >= 0.6 is 27.5 Å². The molecule has 0 fully saturated rings. The third-order valence-electron chi connectivity index (χ3n) is 5.20. The van der Waals surface area contributed by atoms with Crippen molar-refractivity contribution in [3.8, 4) is 23.3 Å². The molecule has 0 saturated carbocycles. The van der Waals surface area contributed by atoms with Gasteiger partial charge in [0.2, 0.25) is 5.75 Å². The first-order chi connectivity index (χ1) is 17.3. The van der Waals surface area contributed by atoms with Gasteiger partial charge < -0.3 is 9.47 Å². The van der Waals surface area contributed by atoms with Gasteiger partial charge in [-0.2, -0.15) is 10.4 Å². The topological polar surface area (TPSA) is 112 Å². The summed E-state index contributed by atoms with van der Waals surface area (Å²) >= 11 is 9.35. The molecule has 0 aliphatic carbocycles. The van der Waals surface area contributed by atoms with Crippen molar-refractivity contribution >= 4 is 27.5 Å². The van der Waals surface area contributed by atoms with Crippen molar-refractivity contribution in [2.45, 2.75) is 20.0 Å². The molecule has 0 amide bonds. The van der Waals surface area contributed by atoms with Crippen LogP contribution in [0.1, 0.15) is 22.5 Å². The molecule has 4 aromatic rings. The average molecular weight is 569 g/mol. The Labute approximate surface area is 219 Å². The summed E-state index contributed by atoms with van der Waals surface area (Å²) in [6.45, 7) is 1.92. The van der Waals surface area contributed by atoms with Crippen molar-refractivity contribution in [3.63, 3.8) is 0 Å². The molecule has 182 valence electrons. The maximum atomic E-state index is 13.2. The average Bonchev–Trinajstić information content (AvgIpc) is 2.86. The second kappa shape index (κ2) is 10.8. The van der Waals surface area contributed by atoms with Gasteiger partial charge >= 0.3 is 0 Å². The lowest BCUT2D eigenvalue weighted by Gasteiger charge is -2.13. The van der Waals surface area contributed by atoms with Gasteiger partial charge in [0.15, 0.2) is 0 Å². The van der Waals surface area contributed by atoms with Gasteiger partial charge in [0, 0.05) is 5.02 Å². The van der Waals surface area contributed by atoms with Crippen LogP contribution in [0.3, 0.4) is 0 Å². The number of nitrogens with zero attached hydrogens (tertiary/aromatic N) is 5. The smallest absolute Gasteiger partial charge is 0.296 e. The Morgan fingerprint density at radius 3 is 2.50 bits per heavy atom. The molecule has 9 nitrogen and oxygen atoms in total. The molecule has 11 heteroatoms. The van der Waals surface area contributed by atoms with E-state index in [2.05, 4.69) is 26.0 Å². The van der Waals surface area contributed by atoms with Gasteiger partial charge in [-0.3, -0.25) is 14.2 Å². The number of methoxy groups -OCH3 is 1. The monoisotopic (exact) mass is 567 g/mol. The second-order valence-corrected chi connectivity index (χ2v) is 9.07. The summed E-state index contributed by atoms with van der Waals surface area (Å²) in [5, 5.41) is 13.9. The molecule has 36 heavy (non-hydrogen) atoms. The number of halogens is 2. The van der Waals surface area contributed by atoms with E-state index in [1.165, 1.54) is 33.8 Å². The fraction of sp³-hybridized carbons (Fsp3) is 0.160. The maximum Gasteiger partial charge on any atom is 0.296 e. The molecule has 2 aromatic heterocycles. The zero-order valence-corrected chi connectivity index (χ0v) is 21.6. The Balaban J connectivity index is 1.64. The number of rotatable bonds is 7. The van der Waals surface area contributed by atoms with E-state index in [1.807, 2.05) is 18.2 Å².